The molecule has 4 rings (SSSR count). The fourth-order valence-corrected chi connectivity index (χ4v) is 4.27. The molecule has 0 saturated heterocycles. The van der Waals surface area contributed by atoms with Gasteiger partial charge in [-0.3, -0.25) is 9.59 Å². The molecule has 35 heavy (non-hydrogen) atoms. The van der Waals surface area contributed by atoms with Crippen LogP contribution in [0.2, 0.25) is 0 Å². The number of hydrogen-bond acceptors (Lipinski definition) is 6. The van der Waals surface area contributed by atoms with Gasteiger partial charge in [0, 0.05) is 18.7 Å². The van der Waals surface area contributed by atoms with Crippen LogP contribution in [0.4, 0.5) is 0 Å². The zero-order valence-corrected chi connectivity index (χ0v) is 20.2. The van der Waals surface area contributed by atoms with E-state index in [9.17, 15) is 14.4 Å². The molecule has 1 aliphatic heterocycles. The standard InChI is InChI=1S/C26H28N4O5/c1-17-9-11-18(12-10-17)14-30-23(31)22-21(24(32)35-4)28-16-29(22)15-26(30,2)25(33)27-13-19-7-5-6-8-20(19)34-3/h5-12,16H,13-15H2,1-4H3,(H,27,33)/t26-/m0/s1. The first kappa shape index (κ1) is 24.0. The third-order valence-corrected chi connectivity index (χ3v) is 6.32. The van der Waals surface area contributed by atoms with Crippen molar-refractivity contribution in [3.63, 3.8) is 0 Å². The Bertz CT molecular complexity index is 1270. The van der Waals surface area contributed by atoms with Gasteiger partial charge in [0.25, 0.3) is 5.91 Å². The average molecular weight is 477 g/mol. The lowest BCUT2D eigenvalue weighted by Gasteiger charge is -2.43. The predicted molar refractivity (Wildman–Crippen MR) is 128 cm³/mol. The molecule has 0 spiro atoms. The van der Waals surface area contributed by atoms with E-state index in [2.05, 4.69) is 10.3 Å². The molecule has 0 saturated carbocycles. The van der Waals surface area contributed by atoms with Crippen LogP contribution in [0.1, 0.15) is 44.6 Å². The van der Waals surface area contributed by atoms with Gasteiger partial charge >= 0.3 is 5.97 Å². The van der Waals surface area contributed by atoms with Crippen molar-refractivity contribution in [2.24, 2.45) is 0 Å². The van der Waals surface area contributed by atoms with Crippen molar-refractivity contribution < 1.29 is 23.9 Å². The van der Waals surface area contributed by atoms with Gasteiger partial charge in [0.15, 0.2) is 5.69 Å². The average Bonchev–Trinajstić information content (AvgIpc) is 3.29. The lowest BCUT2D eigenvalue weighted by Crippen LogP contribution is -2.63. The van der Waals surface area contributed by atoms with E-state index in [1.165, 1.54) is 18.3 Å². The number of amides is 2. The van der Waals surface area contributed by atoms with Crippen LogP contribution in [-0.2, 0) is 29.2 Å². The highest BCUT2D eigenvalue weighted by atomic mass is 16.5. The molecular formula is C26H28N4O5. The van der Waals surface area contributed by atoms with Gasteiger partial charge in [-0.2, -0.15) is 0 Å². The number of methoxy groups -OCH3 is 2. The largest absolute Gasteiger partial charge is 0.496 e. The first-order chi connectivity index (χ1) is 16.8. The van der Waals surface area contributed by atoms with Gasteiger partial charge in [0.2, 0.25) is 5.91 Å². The van der Waals surface area contributed by atoms with Crippen molar-refractivity contribution in [3.8, 4) is 5.75 Å². The molecule has 0 unspecified atom stereocenters. The maximum absolute atomic E-state index is 13.7. The molecule has 9 nitrogen and oxygen atoms in total. The summed E-state index contributed by atoms with van der Waals surface area (Å²) in [6.45, 7) is 4.24. The molecule has 2 amide bonds. The van der Waals surface area contributed by atoms with Gasteiger partial charge in [-0.05, 0) is 25.5 Å². The van der Waals surface area contributed by atoms with Gasteiger partial charge in [0.1, 0.15) is 17.0 Å². The maximum Gasteiger partial charge on any atom is 0.359 e. The topological polar surface area (TPSA) is 103 Å². The van der Waals surface area contributed by atoms with Crippen molar-refractivity contribution in [3.05, 3.63) is 82.9 Å². The first-order valence-corrected chi connectivity index (χ1v) is 11.2. The summed E-state index contributed by atoms with van der Waals surface area (Å²) in [6.07, 6.45) is 1.40. The van der Waals surface area contributed by atoms with E-state index < -0.39 is 17.4 Å². The number of esters is 1. The lowest BCUT2D eigenvalue weighted by atomic mass is 9.93. The van der Waals surface area contributed by atoms with Crippen LogP contribution in [0.5, 0.6) is 5.75 Å². The van der Waals surface area contributed by atoms with Crippen molar-refractivity contribution >= 4 is 17.8 Å². The highest BCUT2D eigenvalue weighted by Gasteiger charge is 2.48. The van der Waals surface area contributed by atoms with E-state index in [1.807, 2.05) is 55.5 Å². The van der Waals surface area contributed by atoms with Crippen molar-refractivity contribution in [2.45, 2.75) is 39.0 Å². The molecule has 0 fully saturated rings. The van der Waals surface area contributed by atoms with Crippen LogP contribution < -0.4 is 10.1 Å². The number of para-hydroxylation sites is 1. The molecular weight excluding hydrogens is 448 g/mol. The van der Waals surface area contributed by atoms with Gasteiger partial charge in [-0.25, -0.2) is 9.78 Å². The first-order valence-electron chi connectivity index (χ1n) is 11.2. The number of rotatable bonds is 7. The molecule has 2 heterocycles. The van der Waals surface area contributed by atoms with E-state index in [4.69, 9.17) is 9.47 Å². The second kappa shape index (κ2) is 9.61. The van der Waals surface area contributed by atoms with Crippen LogP contribution in [-0.4, -0.2) is 52.0 Å². The summed E-state index contributed by atoms with van der Waals surface area (Å²) in [5.74, 6) is -0.840. The smallest absolute Gasteiger partial charge is 0.359 e. The Morgan fingerprint density at radius 1 is 1.11 bits per heavy atom. The van der Waals surface area contributed by atoms with E-state index in [0.717, 1.165) is 16.7 Å². The fourth-order valence-electron chi connectivity index (χ4n) is 4.27. The molecule has 0 radical (unpaired) electrons. The summed E-state index contributed by atoms with van der Waals surface area (Å²) >= 11 is 0. The monoisotopic (exact) mass is 476 g/mol. The van der Waals surface area contributed by atoms with E-state index in [1.54, 1.807) is 18.6 Å². The lowest BCUT2D eigenvalue weighted by molar-refractivity contribution is -0.133. The minimum atomic E-state index is -1.24. The molecule has 3 aromatic rings. The Kier molecular flexibility index (Phi) is 6.59. The summed E-state index contributed by atoms with van der Waals surface area (Å²) in [5, 5.41) is 2.96. The number of benzene rings is 2. The number of fused-ring (bicyclic) bond motifs is 1. The maximum atomic E-state index is 13.7. The minimum Gasteiger partial charge on any atom is -0.496 e. The van der Waals surface area contributed by atoms with Crippen LogP contribution in [0.3, 0.4) is 0 Å². The molecule has 2 aromatic carbocycles. The van der Waals surface area contributed by atoms with Gasteiger partial charge in [-0.1, -0.05) is 48.0 Å². The predicted octanol–water partition coefficient (Wildman–Crippen LogP) is 2.72. The second-order valence-corrected chi connectivity index (χ2v) is 8.71. The molecule has 1 aromatic heterocycles. The zero-order valence-electron chi connectivity index (χ0n) is 20.2. The van der Waals surface area contributed by atoms with E-state index >= 15 is 0 Å². The number of nitrogens with zero attached hydrogens (tertiary/aromatic N) is 3. The van der Waals surface area contributed by atoms with Crippen LogP contribution in [0, 0.1) is 6.92 Å². The Hall–Kier alpha value is -4.14. The summed E-state index contributed by atoms with van der Waals surface area (Å²) in [5.41, 5.74) is 1.56. The quantitative estimate of drug-likeness (QED) is 0.526. The van der Waals surface area contributed by atoms with E-state index in [-0.39, 0.29) is 36.9 Å². The minimum absolute atomic E-state index is 0.0668. The number of aryl methyl sites for hydroxylation is 1. The molecule has 0 aliphatic carbocycles. The molecule has 1 atom stereocenters. The SMILES string of the molecule is COC(=O)c1ncn2c1C(=O)N(Cc1ccc(C)cc1)[C@](C)(C(=O)NCc1ccccc1OC)C2. The summed E-state index contributed by atoms with van der Waals surface area (Å²) in [4.78, 5) is 45.2. The molecule has 182 valence electrons. The molecule has 0 bridgehead atoms. The Balaban J connectivity index is 1.69. The van der Waals surface area contributed by atoms with E-state index in [0.29, 0.717) is 5.75 Å². The number of ether oxygens (including phenoxy) is 2. The third kappa shape index (κ3) is 4.49. The number of aromatic nitrogens is 2. The molecule has 9 heteroatoms. The Labute approximate surface area is 203 Å². The number of hydrogen-bond donors (Lipinski definition) is 1. The van der Waals surface area contributed by atoms with Crippen molar-refractivity contribution in [2.75, 3.05) is 14.2 Å². The number of imidazole rings is 1. The summed E-state index contributed by atoms with van der Waals surface area (Å²) in [6, 6.07) is 15.2. The van der Waals surface area contributed by atoms with Gasteiger partial charge in [0.05, 0.1) is 27.1 Å². The summed E-state index contributed by atoms with van der Waals surface area (Å²) in [7, 11) is 2.81. The van der Waals surface area contributed by atoms with Gasteiger partial charge < -0.3 is 24.3 Å². The van der Waals surface area contributed by atoms with Crippen LogP contribution in [0.25, 0.3) is 0 Å². The number of carbonyl (C=O) groups excluding carboxylic acids is 3. The Morgan fingerprint density at radius 3 is 2.51 bits per heavy atom. The van der Waals surface area contributed by atoms with Crippen molar-refractivity contribution in [1.82, 2.24) is 19.8 Å². The van der Waals surface area contributed by atoms with Gasteiger partial charge in [-0.15, -0.1) is 0 Å². The number of carbonyl (C=O) groups is 3. The van der Waals surface area contributed by atoms with Crippen molar-refractivity contribution in [1.29, 1.82) is 0 Å². The fraction of sp³-hybridized carbons (Fsp3) is 0.308. The zero-order chi connectivity index (χ0) is 25.2. The highest BCUT2D eigenvalue weighted by molar-refractivity contribution is 6.06. The van der Waals surface area contributed by atoms with Crippen LogP contribution in [0.15, 0.2) is 54.9 Å². The van der Waals surface area contributed by atoms with Crippen LogP contribution >= 0.6 is 0 Å². The molecule has 1 aliphatic rings. The number of nitrogens with one attached hydrogen (secondary N) is 1. The summed E-state index contributed by atoms with van der Waals surface area (Å²) < 4.78 is 11.7. The third-order valence-electron chi connectivity index (χ3n) is 6.32. The molecule has 1 N–H and O–H groups in total. The highest BCUT2D eigenvalue weighted by Crippen LogP contribution is 2.31. The Morgan fingerprint density at radius 2 is 1.83 bits per heavy atom. The normalized spacial score (nSPS) is 17.0. The second-order valence-electron chi connectivity index (χ2n) is 8.71.